The summed E-state index contributed by atoms with van der Waals surface area (Å²) in [5.74, 6) is -0.416. The van der Waals surface area contributed by atoms with Gasteiger partial charge in [-0.2, -0.15) is 0 Å². The molecular weight excluding hydrogens is 358 g/mol. The molecule has 136 valence electrons. The summed E-state index contributed by atoms with van der Waals surface area (Å²) in [5.41, 5.74) is 2.19. The molecule has 1 N–H and O–H groups in total. The van der Waals surface area contributed by atoms with Gasteiger partial charge in [-0.1, -0.05) is 17.7 Å². The topological polar surface area (TPSA) is 84.7 Å². The molecule has 0 atom stereocenters. The number of halogens is 1. The lowest BCUT2D eigenvalue weighted by Crippen LogP contribution is -2.37. The Hall–Kier alpha value is -2.64. The molecule has 7 nitrogen and oxygen atoms in total. The highest BCUT2D eigenvalue weighted by molar-refractivity contribution is 6.31. The molecular formula is C18H18ClN3O4. The van der Waals surface area contributed by atoms with E-state index < -0.39 is 10.8 Å². The summed E-state index contributed by atoms with van der Waals surface area (Å²) in [6, 6.07) is 9.52. The number of hydrogen-bond donors (Lipinski definition) is 1. The number of nitrogens with zero attached hydrogens (tertiary/aromatic N) is 2. The second-order valence-electron chi connectivity index (χ2n) is 5.97. The minimum atomic E-state index is -0.509. The van der Waals surface area contributed by atoms with Crippen molar-refractivity contribution in [2.75, 3.05) is 36.5 Å². The van der Waals surface area contributed by atoms with Crippen LogP contribution in [-0.2, 0) is 4.74 Å². The lowest BCUT2D eigenvalue weighted by molar-refractivity contribution is -0.384. The zero-order valence-corrected chi connectivity index (χ0v) is 15.0. The minimum absolute atomic E-state index is 0.130. The molecule has 0 radical (unpaired) electrons. The Morgan fingerprint density at radius 2 is 1.96 bits per heavy atom. The number of nitrogens with one attached hydrogen (secondary N) is 1. The fourth-order valence-electron chi connectivity index (χ4n) is 2.82. The van der Waals surface area contributed by atoms with Gasteiger partial charge in [-0.25, -0.2) is 0 Å². The number of nitro benzene ring substituents is 1. The maximum absolute atomic E-state index is 12.9. The van der Waals surface area contributed by atoms with E-state index in [-0.39, 0.29) is 11.3 Å². The third-order valence-corrected chi connectivity index (χ3v) is 4.47. The molecule has 1 saturated heterocycles. The van der Waals surface area contributed by atoms with Crippen molar-refractivity contribution in [3.05, 3.63) is 62.7 Å². The number of ether oxygens (including phenoxy) is 1. The van der Waals surface area contributed by atoms with Gasteiger partial charge in [0.2, 0.25) is 0 Å². The number of carbonyl (C=O) groups excluding carboxylic acids is 1. The molecule has 26 heavy (non-hydrogen) atoms. The highest BCUT2D eigenvalue weighted by Crippen LogP contribution is 2.28. The van der Waals surface area contributed by atoms with Gasteiger partial charge in [-0.05, 0) is 30.7 Å². The number of morpholine rings is 1. The molecule has 0 unspecified atom stereocenters. The third kappa shape index (κ3) is 3.95. The number of aryl methyl sites for hydroxylation is 1. The largest absolute Gasteiger partial charge is 0.378 e. The maximum Gasteiger partial charge on any atom is 0.270 e. The maximum atomic E-state index is 12.9. The Morgan fingerprint density at radius 1 is 1.23 bits per heavy atom. The van der Waals surface area contributed by atoms with Crippen LogP contribution in [0.4, 0.5) is 17.1 Å². The molecule has 0 saturated carbocycles. The number of non-ortho nitro benzene ring substituents is 1. The highest BCUT2D eigenvalue weighted by Gasteiger charge is 2.22. The first kappa shape index (κ1) is 18.2. The Labute approximate surface area is 155 Å². The molecule has 0 bridgehead atoms. The van der Waals surface area contributed by atoms with Crippen LogP contribution in [-0.4, -0.2) is 37.1 Å². The van der Waals surface area contributed by atoms with Gasteiger partial charge in [0.05, 0.1) is 29.4 Å². The first-order chi connectivity index (χ1) is 12.5. The van der Waals surface area contributed by atoms with Crippen molar-refractivity contribution in [2.45, 2.75) is 6.92 Å². The minimum Gasteiger partial charge on any atom is -0.378 e. The standard InChI is InChI=1S/C18H18ClN3O4/c1-12-2-3-13(19)10-16(12)20-18(23)15-11-14(22(24)25)4-5-17(15)21-6-8-26-9-7-21/h2-5,10-11H,6-9H2,1H3,(H,20,23). The summed E-state index contributed by atoms with van der Waals surface area (Å²) in [7, 11) is 0. The van der Waals surface area contributed by atoms with E-state index >= 15 is 0 Å². The van der Waals surface area contributed by atoms with Crippen molar-refractivity contribution in [3.63, 3.8) is 0 Å². The van der Waals surface area contributed by atoms with E-state index in [9.17, 15) is 14.9 Å². The first-order valence-electron chi connectivity index (χ1n) is 8.14. The first-order valence-corrected chi connectivity index (χ1v) is 8.52. The van der Waals surface area contributed by atoms with Crippen LogP contribution < -0.4 is 10.2 Å². The van der Waals surface area contributed by atoms with Gasteiger partial charge in [0.1, 0.15) is 0 Å². The van der Waals surface area contributed by atoms with Gasteiger partial charge in [0, 0.05) is 35.9 Å². The van der Waals surface area contributed by atoms with E-state index in [2.05, 4.69) is 5.32 Å². The van der Waals surface area contributed by atoms with Gasteiger partial charge in [0.25, 0.3) is 11.6 Å². The molecule has 0 aliphatic carbocycles. The zero-order valence-electron chi connectivity index (χ0n) is 14.2. The monoisotopic (exact) mass is 375 g/mol. The number of benzene rings is 2. The molecule has 0 aromatic heterocycles. The van der Waals surface area contributed by atoms with Crippen molar-refractivity contribution < 1.29 is 14.5 Å². The molecule has 1 aliphatic rings. The highest BCUT2D eigenvalue weighted by atomic mass is 35.5. The number of carbonyl (C=O) groups is 1. The third-order valence-electron chi connectivity index (χ3n) is 4.24. The Balaban J connectivity index is 1.97. The van der Waals surface area contributed by atoms with Crippen molar-refractivity contribution in [2.24, 2.45) is 0 Å². The fourth-order valence-corrected chi connectivity index (χ4v) is 2.99. The normalized spacial score (nSPS) is 14.2. The summed E-state index contributed by atoms with van der Waals surface area (Å²) in [6.45, 7) is 4.18. The summed E-state index contributed by atoms with van der Waals surface area (Å²) >= 11 is 6.00. The molecule has 1 heterocycles. The van der Waals surface area contributed by atoms with Crippen LogP contribution in [0, 0.1) is 17.0 Å². The van der Waals surface area contributed by atoms with Crippen molar-refractivity contribution in [3.8, 4) is 0 Å². The molecule has 3 rings (SSSR count). The van der Waals surface area contributed by atoms with E-state index in [0.29, 0.717) is 42.7 Å². The quantitative estimate of drug-likeness (QED) is 0.651. The average Bonchev–Trinajstić information content (AvgIpc) is 2.65. The lowest BCUT2D eigenvalue weighted by atomic mass is 10.1. The smallest absolute Gasteiger partial charge is 0.270 e. The van der Waals surface area contributed by atoms with Crippen molar-refractivity contribution in [1.29, 1.82) is 0 Å². The van der Waals surface area contributed by atoms with Crippen LogP contribution in [0.3, 0.4) is 0 Å². The summed E-state index contributed by atoms with van der Waals surface area (Å²) < 4.78 is 5.34. The van der Waals surface area contributed by atoms with Gasteiger partial charge in [0.15, 0.2) is 0 Å². The van der Waals surface area contributed by atoms with Crippen LogP contribution in [0.2, 0.25) is 5.02 Å². The molecule has 0 spiro atoms. The predicted octanol–water partition coefficient (Wildman–Crippen LogP) is 3.65. The Bertz CT molecular complexity index is 850. The van der Waals surface area contributed by atoms with E-state index in [0.717, 1.165) is 5.56 Å². The van der Waals surface area contributed by atoms with Crippen LogP contribution in [0.25, 0.3) is 0 Å². The van der Waals surface area contributed by atoms with Crippen LogP contribution in [0.1, 0.15) is 15.9 Å². The van der Waals surface area contributed by atoms with Crippen LogP contribution in [0.5, 0.6) is 0 Å². The average molecular weight is 376 g/mol. The molecule has 2 aromatic rings. The number of amides is 1. The van der Waals surface area contributed by atoms with Gasteiger partial charge < -0.3 is 15.0 Å². The van der Waals surface area contributed by atoms with Crippen molar-refractivity contribution in [1.82, 2.24) is 0 Å². The van der Waals surface area contributed by atoms with E-state index in [1.54, 1.807) is 24.3 Å². The number of nitro groups is 1. The number of anilines is 2. The fraction of sp³-hybridized carbons (Fsp3) is 0.278. The molecule has 1 amide bonds. The Morgan fingerprint density at radius 3 is 2.65 bits per heavy atom. The van der Waals surface area contributed by atoms with Crippen molar-refractivity contribution >= 4 is 34.6 Å². The van der Waals surface area contributed by atoms with Gasteiger partial charge in [-0.3, -0.25) is 14.9 Å². The zero-order chi connectivity index (χ0) is 18.7. The molecule has 1 aliphatic heterocycles. The lowest BCUT2D eigenvalue weighted by Gasteiger charge is -2.30. The van der Waals surface area contributed by atoms with E-state index in [1.807, 2.05) is 11.8 Å². The number of rotatable bonds is 4. The SMILES string of the molecule is Cc1ccc(Cl)cc1NC(=O)c1cc([N+](=O)[O-])ccc1N1CCOCC1. The number of hydrogen-bond acceptors (Lipinski definition) is 5. The molecule has 2 aromatic carbocycles. The summed E-state index contributed by atoms with van der Waals surface area (Å²) in [4.78, 5) is 25.5. The summed E-state index contributed by atoms with van der Waals surface area (Å²) in [5, 5.41) is 14.5. The Kier molecular flexibility index (Phi) is 5.39. The predicted molar refractivity (Wildman–Crippen MR) is 100 cm³/mol. The molecule has 1 fully saturated rings. The van der Waals surface area contributed by atoms with Crippen LogP contribution >= 0.6 is 11.6 Å². The second kappa shape index (κ2) is 7.72. The second-order valence-corrected chi connectivity index (χ2v) is 6.41. The van der Waals surface area contributed by atoms with Gasteiger partial charge >= 0.3 is 0 Å². The summed E-state index contributed by atoms with van der Waals surface area (Å²) in [6.07, 6.45) is 0. The van der Waals surface area contributed by atoms with Gasteiger partial charge in [-0.15, -0.1) is 0 Å². The van der Waals surface area contributed by atoms with E-state index in [4.69, 9.17) is 16.3 Å². The van der Waals surface area contributed by atoms with Crippen LogP contribution in [0.15, 0.2) is 36.4 Å². The molecule has 8 heteroatoms. The van der Waals surface area contributed by atoms with E-state index in [1.165, 1.54) is 12.1 Å².